The van der Waals surface area contributed by atoms with Crippen molar-refractivity contribution in [3.63, 3.8) is 0 Å². The summed E-state index contributed by atoms with van der Waals surface area (Å²) in [6.07, 6.45) is 0. The number of carboxylic acid groups (broad SMARTS) is 1. The fourth-order valence-corrected chi connectivity index (χ4v) is 2.77. The predicted molar refractivity (Wildman–Crippen MR) is 99.1 cm³/mol. The quantitative estimate of drug-likeness (QED) is 0.384. The Bertz CT molecular complexity index is 776. The molecule has 0 aliphatic heterocycles. The molecule has 2 aromatic carbocycles. The predicted octanol–water partition coefficient (Wildman–Crippen LogP) is 2.47. The van der Waals surface area contributed by atoms with Crippen molar-refractivity contribution in [3.05, 3.63) is 60.2 Å². The highest BCUT2D eigenvalue weighted by Gasteiger charge is 2.30. The molecular formula is C19H19NO4S. The summed E-state index contributed by atoms with van der Waals surface area (Å²) < 4.78 is 0. The zero-order valence-electron chi connectivity index (χ0n) is 13.7. The van der Waals surface area contributed by atoms with E-state index in [2.05, 4.69) is 17.9 Å². The van der Waals surface area contributed by atoms with Crippen LogP contribution in [0.2, 0.25) is 0 Å². The summed E-state index contributed by atoms with van der Waals surface area (Å²) in [6.45, 7) is 1.26. The molecular weight excluding hydrogens is 338 g/mol. The molecule has 0 bridgehead atoms. The van der Waals surface area contributed by atoms with Crippen molar-refractivity contribution in [2.45, 2.75) is 19.0 Å². The monoisotopic (exact) mass is 357 g/mol. The minimum Gasteiger partial charge on any atom is -0.480 e. The standard InChI is InChI=1S/C19H19NO4S/c1-12(21)17(20-16(11-25)19(23)24)18(22)15-10-6-5-9-14(15)13-7-3-2-4-8-13/h2-10,16-17,20,25H,11H2,1H3,(H,23,24). The molecule has 5 nitrogen and oxygen atoms in total. The van der Waals surface area contributed by atoms with Gasteiger partial charge >= 0.3 is 5.97 Å². The van der Waals surface area contributed by atoms with Gasteiger partial charge in [-0.15, -0.1) is 0 Å². The van der Waals surface area contributed by atoms with Gasteiger partial charge in [0.05, 0.1) is 0 Å². The van der Waals surface area contributed by atoms with E-state index in [1.165, 1.54) is 6.92 Å². The molecule has 2 aromatic rings. The van der Waals surface area contributed by atoms with Crippen molar-refractivity contribution in [2.75, 3.05) is 5.75 Å². The van der Waals surface area contributed by atoms with Crippen molar-refractivity contribution in [1.29, 1.82) is 0 Å². The Labute approximate surface area is 151 Å². The Balaban J connectivity index is 2.41. The molecule has 0 aliphatic rings. The third kappa shape index (κ3) is 4.55. The fraction of sp³-hybridized carbons (Fsp3) is 0.211. The molecule has 0 radical (unpaired) electrons. The summed E-state index contributed by atoms with van der Waals surface area (Å²) in [5.74, 6) is -2.10. The van der Waals surface area contributed by atoms with Crippen molar-refractivity contribution >= 4 is 30.2 Å². The van der Waals surface area contributed by atoms with Crippen LogP contribution in [-0.2, 0) is 9.59 Å². The van der Waals surface area contributed by atoms with Crippen molar-refractivity contribution < 1.29 is 19.5 Å². The minimum atomic E-state index is -1.24. The molecule has 0 heterocycles. The third-order valence-electron chi connectivity index (χ3n) is 3.79. The van der Waals surface area contributed by atoms with Gasteiger partial charge in [0.1, 0.15) is 12.1 Å². The van der Waals surface area contributed by atoms with Gasteiger partial charge in [-0.1, -0.05) is 54.6 Å². The third-order valence-corrected chi connectivity index (χ3v) is 4.16. The lowest BCUT2D eigenvalue weighted by Gasteiger charge is -2.20. The molecule has 130 valence electrons. The van der Waals surface area contributed by atoms with Gasteiger partial charge < -0.3 is 5.11 Å². The molecule has 0 spiro atoms. The zero-order chi connectivity index (χ0) is 18.4. The molecule has 0 amide bonds. The van der Waals surface area contributed by atoms with Gasteiger partial charge in [0, 0.05) is 11.3 Å². The zero-order valence-corrected chi connectivity index (χ0v) is 14.6. The maximum Gasteiger partial charge on any atom is 0.321 e. The summed E-state index contributed by atoms with van der Waals surface area (Å²) in [6, 6.07) is 14.0. The summed E-state index contributed by atoms with van der Waals surface area (Å²) in [5, 5.41) is 11.8. The lowest BCUT2D eigenvalue weighted by atomic mass is 9.92. The van der Waals surface area contributed by atoms with Crippen LogP contribution in [0.15, 0.2) is 54.6 Å². The maximum atomic E-state index is 13.0. The van der Waals surface area contributed by atoms with Crippen molar-refractivity contribution in [3.8, 4) is 11.1 Å². The molecule has 2 rings (SSSR count). The molecule has 6 heteroatoms. The molecule has 0 saturated heterocycles. The smallest absolute Gasteiger partial charge is 0.321 e. The molecule has 2 N–H and O–H groups in total. The number of nitrogens with one attached hydrogen (secondary N) is 1. The van der Waals surface area contributed by atoms with Gasteiger partial charge in [0.15, 0.2) is 11.6 Å². The Morgan fingerprint density at radius 2 is 1.64 bits per heavy atom. The number of carboxylic acids is 1. The minimum absolute atomic E-state index is 0.0350. The number of thiol groups is 1. The van der Waals surface area contributed by atoms with Gasteiger partial charge in [-0.25, -0.2) is 0 Å². The highest BCUT2D eigenvalue weighted by molar-refractivity contribution is 7.80. The van der Waals surface area contributed by atoms with E-state index in [-0.39, 0.29) is 5.75 Å². The second kappa shape index (κ2) is 8.60. The highest BCUT2D eigenvalue weighted by atomic mass is 32.1. The van der Waals surface area contributed by atoms with Crippen LogP contribution in [0.4, 0.5) is 0 Å². The van der Waals surface area contributed by atoms with Crippen molar-refractivity contribution in [2.24, 2.45) is 0 Å². The summed E-state index contributed by atoms with van der Waals surface area (Å²) in [7, 11) is 0. The number of carbonyl (C=O) groups excluding carboxylic acids is 2. The van der Waals surface area contributed by atoms with Crippen LogP contribution in [-0.4, -0.2) is 40.5 Å². The average Bonchev–Trinajstić information content (AvgIpc) is 2.62. The Morgan fingerprint density at radius 3 is 2.20 bits per heavy atom. The number of carbonyl (C=O) groups is 3. The van der Waals surface area contributed by atoms with E-state index in [4.69, 9.17) is 5.11 Å². The van der Waals surface area contributed by atoms with Gasteiger partial charge in [-0.05, 0) is 18.1 Å². The number of aliphatic carboxylic acids is 1. The topological polar surface area (TPSA) is 83.5 Å². The van der Waals surface area contributed by atoms with Crippen LogP contribution in [0, 0.1) is 0 Å². The number of ketones is 2. The average molecular weight is 357 g/mol. The molecule has 25 heavy (non-hydrogen) atoms. The van der Waals surface area contributed by atoms with Crippen LogP contribution in [0.1, 0.15) is 17.3 Å². The van der Waals surface area contributed by atoms with Crippen LogP contribution in [0.25, 0.3) is 11.1 Å². The Morgan fingerprint density at radius 1 is 1.04 bits per heavy atom. The Hall–Kier alpha value is -2.44. The first-order valence-corrected chi connectivity index (χ1v) is 8.37. The molecule has 0 aliphatic carbocycles. The van der Waals surface area contributed by atoms with Gasteiger partial charge in [-0.2, -0.15) is 12.6 Å². The number of rotatable bonds is 8. The Kier molecular flexibility index (Phi) is 6.50. The maximum absolute atomic E-state index is 13.0. The van der Waals surface area contributed by atoms with Gasteiger partial charge in [0.25, 0.3) is 0 Å². The molecule has 0 fully saturated rings. The normalized spacial score (nSPS) is 13.0. The second-order valence-corrected chi connectivity index (χ2v) is 5.92. The first kappa shape index (κ1) is 18.9. The first-order valence-electron chi connectivity index (χ1n) is 7.74. The largest absolute Gasteiger partial charge is 0.480 e. The molecule has 2 atom stereocenters. The van der Waals surface area contributed by atoms with Gasteiger partial charge in [0.2, 0.25) is 0 Å². The van der Waals surface area contributed by atoms with E-state index in [0.717, 1.165) is 5.56 Å². The second-order valence-electron chi connectivity index (χ2n) is 5.56. The molecule has 0 saturated carbocycles. The van der Waals surface area contributed by atoms with Crippen LogP contribution >= 0.6 is 12.6 Å². The molecule has 2 unspecified atom stereocenters. The lowest BCUT2D eigenvalue weighted by molar-refractivity contribution is -0.139. The van der Waals surface area contributed by atoms with E-state index in [1.54, 1.807) is 18.2 Å². The lowest BCUT2D eigenvalue weighted by Crippen LogP contribution is -2.51. The summed E-state index contributed by atoms with van der Waals surface area (Å²) in [4.78, 5) is 36.1. The van der Waals surface area contributed by atoms with E-state index in [0.29, 0.717) is 11.1 Å². The van der Waals surface area contributed by atoms with Crippen LogP contribution in [0.5, 0.6) is 0 Å². The fourth-order valence-electron chi connectivity index (χ4n) is 2.50. The summed E-state index contributed by atoms with van der Waals surface area (Å²) >= 11 is 3.97. The summed E-state index contributed by atoms with van der Waals surface area (Å²) in [5.41, 5.74) is 1.90. The van der Waals surface area contributed by atoms with Crippen molar-refractivity contribution in [1.82, 2.24) is 5.32 Å². The van der Waals surface area contributed by atoms with E-state index >= 15 is 0 Å². The van der Waals surface area contributed by atoms with Gasteiger partial charge in [-0.3, -0.25) is 19.7 Å². The van der Waals surface area contributed by atoms with Crippen LogP contribution < -0.4 is 5.32 Å². The number of benzene rings is 2. The number of Topliss-reactive ketones (excluding diaryl/α,β-unsaturated/α-hetero) is 2. The van der Waals surface area contributed by atoms with E-state index in [9.17, 15) is 14.4 Å². The highest BCUT2D eigenvalue weighted by Crippen LogP contribution is 2.24. The molecule has 0 aromatic heterocycles. The van der Waals surface area contributed by atoms with E-state index in [1.807, 2.05) is 36.4 Å². The van der Waals surface area contributed by atoms with Crippen LogP contribution in [0.3, 0.4) is 0 Å². The number of hydrogen-bond donors (Lipinski definition) is 3. The SMILES string of the molecule is CC(=O)C(NC(CS)C(=O)O)C(=O)c1ccccc1-c1ccccc1. The van der Waals surface area contributed by atoms with E-state index < -0.39 is 29.6 Å². The first-order chi connectivity index (χ1) is 12.0. The number of hydrogen-bond acceptors (Lipinski definition) is 5.